The molecule has 0 fully saturated rings. The van der Waals surface area contributed by atoms with Gasteiger partial charge in [-0.15, -0.1) is 0 Å². The van der Waals surface area contributed by atoms with Crippen LogP contribution in [0.25, 0.3) is 0 Å². The van der Waals surface area contributed by atoms with Crippen LogP contribution in [0.1, 0.15) is 12.5 Å². The molecule has 7 nitrogen and oxygen atoms in total. The minimum Gasteiger partial charge on any atom is -0.464 e. The van der Waals surface area contributed by atoms with E-state index >= 15 is 0 Å². The van der Waals surface area contributed by atoms with Gasteiger partial charge in [-0.25, -0.2) is 0 Å². The second kappa shape index (κ2) is 7.39. The lowest BCUT2D eigenvalue weighted by Crippen LogP contribution is -2.07. The zero-order chi connectivity index (χ0) is 15.1. The first kappa shape index (κ1) is 15.0. The molecule has 0 bridgehead atoms. The Morgan fingerprint density at radius 3 is 2.67 bits per heavy atom. The third kappa shape index (κ3) is 4.28. The quantitative estimate of drug-likeness (QED) is 0.808. The summed E-state index contributed by atoms with van der Waals surface area (Å²) < 4.78 is 10.4. The fourth-order valence-corrected chi connectivity index (χ4v) is 1.75. The molecule has 0 saturated heterocycles. The number of methoxy groups -OCH3 is 1. The van der Waals surface area contributed by atoms with Gasteiger partial charge in [0.1, 0.15) is 0 Å². The van der Waals surface area contributed by atoms with Gasteiger partial charge in [-0.2, -0.15) is 15.0 Å². The Hall–Kier alpha value is -2.41. The van der Waals surface area contributed by atoms with Crippen molar-refractivity contribution in [3.63, 3.8) is 0 Å². The molecule has 0 aliphatic heterocycles. The third-order valence-corrected chi connectivity index (χ3v) is 2.61. The van der Waals surface area contributed by atoms with Crippen molar-refractivity contribution in [3.8, 4) is 6.01 Å². The molecule has 0 unspecified atom stereocenters. The van der Waals surface area contributed by atoms with Crippen LogP contribution in [0.4, 0.5) is 17.6 Å². The van der Waals surface area contributed by atoms with E-state index in [0.717, 1.165) is 11.3 Å². The molecule has 7 heteroatoms. The van der Waals surface area contributed by atoms with Crippen molar-refractivity contribution < 1.29 is 9.47 Å². The van der Waals surface area contributed by atoms with Crippen LogP contribution >= 0.6 is 0 Å². The summed E-state index contributed by atoms with van der Waals surface area (Å²) in [4.78, 5) is 12.6. The second-order valence-electron chi connectivity index (χ2n) is 4.21. The summed E-state index contributed by atoms with van der Waals surface area (Å²) in [6, 6.07) is 8.13. The zero-order valence-electron chi connectivity index (χ0n) is 12.4. The Labute approximate surface area is 123 Å². The molecule has 1 heterocycles. The summed E-state index contributed by atoms with van der Waals surface area (Å²) >= 11 is 0. The summed E-state index contributed by atoms with van der Waals surface area (Å²) in [5.74, 6) is 0.872. The average Bonchev–Trinajstić information content (AvgIpc) is 2.48. The molecule has 112 valence electrons. The van der Waals surface area contributed by atoms with E-state index in [-0.39, 0.29) is 6.01 Å². The number of nitrogens with zero attached hydrogens (tertiary/aromatic N) is 3. The van der Waals surface area contributed by atoms with E-state index in [1.807, 2.05) is 31.2 Å². The maximum atomic E-state index is 5.33. The number of ether oxygens (including phenoxy) is 2. The lowest BCUT2D eigenvalue weighted by atomic mass is 10.2. The van der Waals surface area contributed by atoms with Crippen LogP contribution in [-0.4, -0.2) is 35.7 Å². The summed E-state index contributed by atoms with van der Waals surface area (Å²) in [7, 11) is 3.41. The Bertz CT molecular complexity index is 591. The lowest BCUT2D eigenvalue weighted by molar-refractivity contribution is 0.185. The van der Waals surface area contributed by atoms with E-state index in [1.165, 1.54) is 0 Å². The van der Waals surface area contributed by atoms with Gasteiger partial charge in [-0.1, -0.05) is 12.1 Å². The summed E-state index contributed by atoms with van der Waals surface area (Å²) in [5, 5.41) is 6.02. The highest BCUT2D eigenvalue weighted by atomic mass is 16.5. The third-order valence-electron chi connectivity index (χ3n) is 2.61. The molecule has 0 aliphatic rings. The normalized spacial score (nSPS) is 10.2. The molecule has 0 aliphatic carbocycles. The van der Waals surface area contributed by atoms with Gasteiger partial charge in [0.15, 0.2) is 0 Å². The fraction of sp³-hybridized carbons (Fsp3) is 0.357. The Morgan fingerprint density at radius 1 is 1.14 bits per heavy atom. The van der Waals surface area contributed by atoms with Gasteiger partial charge in [0.05, 0.1) is 13.2 Å². The standard InChI is InChI=1S/C14H19N5O2/c1-4-21-14-18-12(15-2)17-13(19-14)16-11-7-5-6-10(8-11)9-20-3/h5-8H,4,9H2,1-3H3,(H2,15,16,17,18,19). The van der Waals surface area contributed by atoms with Crippen LogP contribution in [0.5, 0.6) is 6.01 Å². The van der Waals surface area contributed by atoms with Crippen molar-refractivity contribution in [2.24, 2.45) is 0 Å². The van der Waals surface area contributed by atoms with Gasteiger partial charge in [-0.05, 0) is 24.6 Å². The maximum Gasteiger partial charge on any atom is 0.323 e. The van der Waals surface area contributed by atoms with E-state index < -0.39 is 0 Å². The van der Waals surface area contributed by atoms with Gasteiger partial charge in [-0.3, -0.25) is 0 Å². The number of hydrogen-bond donors (Lipinski definition) is 2. The van der Waals surface area contributed by atoms with Gasteiger partial charge < -0.3 is 20.1 Å². The highest BCUT2D eigenvalue weighted by Crippen LogP contribution is 2.18. The maximum absolute atomic E-state index is 5.33. The fourth-order valence-electron chi connectivity index (χ4n) is 1.75. The van der Waals surface area contributed by atoms with Crippen LogP contribution < -0.4 is 15.4 Å². The molecule has 21 heavy (non-hydrogen) atoms. The van der Waals surface area contributed by atoms with Crippen LogP contribution in [-0.2, 0) is 11.3 Å². The first-order valence-corrected chi connectivity index (χ1v) is 6.66. The van der Waals surface area contributed by atoms with Crippen molar-refractivity contribution in [2.75, 3.05) is 31.4 Å². The molecule has 1 aromatic heterocycles. The predicted octanol–water partition coefficient (Wildman–Crippen LogP) is 2.20. The Kier molecular flexibility index (Phi) is 5.28. The molecule has 0 saturated carbocycles. The van der Waals surface area contributed by atoms with Gasteiger partial charge in [0, 0.05) is 19.8 Å². The first-order valence-electron chi connectivity index (χ1n) is 6.66. The van der Waals surface area contributed by atoms with Gasteiger partial charge in [0.25, 0.3) is 0 Å². The topological polar surface area (TPSA) is 81.2 Å². The molecule has 0 atom stereocenters. The van der Waals surface area contributed by atoms with Gasteiger partial charge >= 0.3 is 6.01 Å². The molecular weight excluding hydrogens is 270 g/mol. The van der Waals surface area contributed by atoms with E-state index in [4.69, 9.17) is 9.47 Å². The largest absolute Gasteiger partial charge is 0.464 e. The second-order valence-corrected chi connectivity index (χ2v) is 4.21. The van der Waals surface area contributed by atoms with E-state index in [2.05, 4.69) is 25.6 Å². The molecule has 2 rings (SSSR count). The minimum absolute atomic E-state index is 0.285. The van der Waals surface area contributed by atoms with E-state index in [0.29, 0.717) is 25.1 Å². The van der Waals surface area contributed by atoms with Crippen molar-refractivity contribution in [2.45, 2.75) is 13.5 Å². The lowest BCUT2D eigenvalue weighted by Gasteiger charge is -2.09. The summed E-state index contributed by atoms with van der Waals surface area (Å²) in [5.41, 5.74) is 1.94. The molecule has 2 N–H and O–H groups in total. The molecular formula is C14H19N5O2. The van der Waals surface area contributed by atoms with E-state index in [1.54, 1.807) is 14.2 Å². The molecule has 1 aromatic carbocycles. The highest BCUT2D eigenvalue weighted by Gasteiger charge is 2.07. The van der Waals surface area contributed by atoms with Crippen LogP contribution in [0.3, 0.4) is 0 Å². The molecule has 0 radical (unpaired) electrons. The SMILES string of the molecule is CCOc1nc(NC)nc(Nc2cccc(COC)c2)n1. The minimum atomic E-state index is 0.285. The summed E-state index contributed by atoms with van der Waals surface area (Å²) in [6.45, 7) is 2.93. The number of hydrogen-bond acceptors (Lipinski definition) is 7. The average molecular weight is 289 g/mol. The Balaban J connectivity index is 2.21. The zero-order valence-corrected chi connectivity index (χ0v) is 12.4. The van der Waals surface area contributed by atoms with Crippen molar-refractivity contribution in [1.82, 2.24) is 15.0 Å². The predicted molar refractivity (Wildman–Crippen MR) is 81.0 cm³/mol. The first-order chi connectivity index (χ1) is 10.2. The van der Waals surface area contributed by atoms with Crippen molar-refractivity contribution in [3.05, 3.63) is 29.8 Å². The smallest absolute Gasteiger partial charge is 0.323 e. The molecule has 2 aromatic rings. The summed E-state index contributed by atoms with van der Waals surface area (Å²) in [6.07, 6.45) is 0. The number of aromatic nitrogens is 3. The van der Waals surface area contributed by atoms with Crippen molar-refractivity contribution >= 4 is 17.6 Å². The van der Waals surface area contributed by atoms with Crippen LogP contribution in [0.15, 0.2) is 24.3 Å². The number of benzene rings is 1. The number of rotatable bonds is 7. The van der Waals surface area contributed by atoms with E-state index in [9.17, 15) is 0 Å². The van der Waals surface area contributed by atoms with Crippen LogP contribution in [0, 0.1) is 0 Å². The highest BCUT2D eigenvalue weighted by molar-refractivity contribution is 5.55. The molecule has 0 amide bonds. The van der Waals surface area contributed by atoms with Gasteiger partial charge in [0.2, 0.25) is 11.9 Å². The van der Waals surface area contributed by atoms with Crippen LogP contribution in [0.2, 0.25) is 0 Å². The Morgan fingerprint density at radius 2 is 1.95 bits per heavy atom. The number of nitrogens with one attached hydrogen (secondary N) is 2. The molecule has 0 spiro atoms. The number of anilines is 3. The van der Waals surface area contributed by atoms with Crippen molar-refractivity contribution in [1.29, 1.82) is 0 Å². The monoisotopic (exact) mass is 289 g/mol.